The fraction of sp³-hybridized carbons (Fsp3) is 0.304. The highest BCUT2D eigenvalue weighted by Gasteiger charge is 2.25. The third kappa shape index (κ3) is 5.35. The van der Waals surface area contributed by atoms with Crippen LogP contribution in [0.2, 0.25) is 0 Å². The maximum absolute atomic E-state index is 13.0. The van der Waals surface area contributed by atoms with Crippen LogP contribution in [0.1, 0.15) is 35.7 Å². The van der Waals surface area contributed by atoms with E-state index in [1.165, 1.54) is 6.92 Å². The molecule has 160 valence electrons. The number of anilines is 1. The highest BCUT2D eigenvalue weighted by Crippen LogP contribution is 2.19. The van der Waals surface area contributed by atoms with Gasteiger partial charge < -0.3 is 15.0 Å². The summed E-state index contributed by atoms with van der Waals surface area (Å²) in [7, 11) is 0. The van der Waals surface area contributed by atoms with Gasteiger partial charge in [0.05, 0.1) is 36.5 Å². The van der Waals surface area contributed by atoms with Gasteiger partial charge in [-0.3, -0.25) is 14.6 Å². The zero-order chi connectivity index (χ0) is 21.6. The van der Waals surface area contributed by atoms with Crippen LogP contribution >= 0.6 is 0 Å². The molecular formula is C23H25N5O3. The number of amides is 2. The molecule has 1 atom stereocenters. The van der Waals surface area contributed by atoms with Crippen molar-refractivity contribution in [1.82, 2.24) is 19.7 Å². The van der Waals surface area contributed by atoms with Gasteiger partial charge in [0.1, 0.15) is 0 Å². The molecular weight excluding hydrogens is 394 g/mol. The number of aromatic nitrogens is 3. The molecule has 31 heavy (non-hydrogen) atoms. The molecule has 1 aromatic carbocycles. The molecule has 0 saturated carbocycles. The lowest BCUT2D eigenvalue weighted by Crippen LogP contribution is -2.43. The summed E-state index contributed by atoms with van der Waals surface area (Å²) in [4.78, 5) is 30.1. The number of hydrogen-bond donors (Lipinski definition) is 1. The van der Waals surface area contributed by atoms with Gasteiger partial charge in [0, 0.05) is 38.0 Å². The van der Waals surface area contributed by atoms with Gasteiger partial charge in [-0.25, -0.2) is 4.68 Å². The number of piperidine rings is 1. The monoisotopic (exact) mass is 419 g/mol. The van der Waals surface area contributed by atoms with E-state index in [4.69, 9.17) is 4.74 Å². The average Bonchev–Trinajstić information content (AvgIpc) is 3.26. The van der Waals surface area contributed by atoms with Crippen molar-refractivity contribution < 1.29 is 14.3 Å². The Kier molecular flexibility index (Phi) is 6.37. The maximum atomic E-state index is 13.0. The maximum Gasteiger partial charge on any atom is 0.253 e. The minimum Gasteiger partial charge on any atom is -0.372 e. The van der Waals surface area contributed by atoms with Gasteiger partial charge >= 0.3 is 0 Å². The molecule has 4 rings (SSSR count). The first-order chi connectivity index (χ1) is 15.1. The van der Waals surface area contributed by atoms with Crippen molar-refractivity contribution in [3.05, 3.63) is 72.3 Å². The van der Waals surface area contributed by atoms with Crippen molar-refractivity contribution in [1.29, 1.82) is 0 Å². The fourth-order valence-corrected chi connectivity index (χ4v) is 3.63. The van der Waals surface area contributed by atoms with E-state index in [1.807, 2.05) is 29.2 Å². The molecule has 0 aliphatic carbocycles. The number of nitrogens with one attached hydrogen (secondary N) is 1. The molecule has 1 unspecified atom stereocenters. The van der Waals surface area contributed by atoms with Gasteiger partial charge in [-0.05, 0) is 48.7 Å². The SMILES string of the molecule is CC(=O)Nc1cnn(-c2ccc(C(=O)N3CCCC(OCc4cccnc4)C3)cc2)c1. The topological polar surface area (TPSA) is 89.4 Å². The molecule has 1 saturated heterocycles. The molecule has 0 bridgehead atoms. The Labute approximate surface area is 180 Å². The van der Waals surface area contributed by atoms with Crippen LogP contribution in [0, 0.1) is 0 Å². The molecule has 1 fully saturated rings. The van der Waals surface area contributed by atoms with Crippen LogP contribution in [0.4, 0.5) is 5.69 Å². The van der Waals surface area contributed by atoms with Crippen LogP contribution in [0.25, 0.3) is 5.69 Å². The van der Waals surface area contributed by atoms with Crippen molar-refractivity contribution in [3.8, 4) is 5.69 Å². The normalized spacial score (nSPS) is 16.2. The number of nitrogens with zero attached hydrogens (tertiary/aromatic N) is 4. The minimum atomic E-state index is -0.148. The van der Waals surface area contributed by atoms with E-state index in [0.717, 1.165) is 30.6 Å². The molecule has 1 N–H and O–H groups in total. The van der Waals surface area contributed by atoms with Crippen LogP contribution in [0.5, 0.6) is 0 Å². The Hall–Kier alpha value is -3.52. The number of rotatable bonds is 6. The van der Waals surface area contributed by atoms with Crippen LogP contribution in [0.15, 0.2) is 61.2 Å². The zero-order valence-corrected chi connectivity index (χ0v) is 17.4. The van der Waals surface area contributed by atoms with Gasteiger partial charge in [-0.1, -0.05) is 6.07 Å². The van der Waals surface area contributed by atoms with Crippen LogP contribution < -0.4 is 5.32 Å². The smallest absolute Gasteiger partial charge is 0.253 e. The number of carbonyl (C=O) groups excluding carboxylic acids is 2. The van der Waals surface area contributed by atoms with Crippen LogP contribution in [-0.2, 0) is 16.1 Å². The summed E-state index contributed by atoms with van der Waals surface area (Å²) in [6, 6.07) is 11.2. The van der Waals surface area contributed by atoms with E-state index in [0.29, 0.717) is 24.4 Å². The Balaban J connectivity index is 1.36. The van der Waals surface area contributed by atoms with E-state index in [1.54, 1.807) is 41.6 Å². The third-order valence-electron chi connectivity index (χ3n) is 5.16. The lowest BCUT2D eigenvalue weighted by atomic mass is 10.1. The second-order valence-corrected chi connectivity index (χ2v) is 7.59. The van der Waals surface area contributed by atoms with Crippen LogP contribution in [0.3, 0.4) is 0 Å². The average molecular weight is 419 g/mol. The molecule has 8 heteroatoms. The van der Waals surface area contributed by atoms with Crippen molar-refractivity contribution in [2.45, 2.75) is 32.5 Å². The van der Waals surface area contributed by atoms with Gasteiger partial charge in [-0.15, -0.1) is 0 Å². The standard InChI is InChI=1S/C23H25N5O3/c1-17(29)26-20-13-25-28(14-20)21-8-6-19(7-9-21)23(30)27-11-3-5-22(15-27)31-16-18-4-2-10-24-12-18/h2,4,6-10,12-14,22H,3,5,11,15-16H2,1H3,(H,26,29). The fourth-order valence-electron chi connectivity index (χ4n) is 3.63. The van der Waals surface area contributed by atoms with E-state index in [2.05, 4.69) is 15.4 Å². The van der Waals surface area contributed by atoms with E-state index in [-0.39, 0.29) is 17.9 Å². The van der Waals surface area contributed by atoms with Gasteiger partial charge in [-0.2, -0.15) is 5.10 Å². The summed E-state index contributed by atoms with van der Waals surface area (Å²) in [5.74, 6) is -0.148. The molecule has 0 radical (unpaired) electrons. The van der Waals surface area contributed by atoms with Crippen molar-refractivity contribution in [2.24, 2.45) is 0 Å². The van der Waals surface area contributed by atoms with E-state index in [9.17, 15) is 9.59 Å². The van der Waals surface area contributed by atoms with Crippen molar-refractivity contribution in [3.63, 3.8) is 0 Å². The first-order valence-electron chi connectivity index (χ1n) is 10.3. The number of pyridine rings is 1. The summed E-state index contributed by atoms with van der Waals surface area (Å²) in [6.07, 6.45) is 8.73. The Morgan fingerprint density at radius 1 is 1.19 bits per heavy atom. The number of likely N-dealkylation sites (tertiary alicyclic amines) is 1. The molecule has 2 amide bonds. The predicted molar refractivity (Wildman–Crippen MR) is 116 cm³/mol. The summed E-state index contributed by atoms with van der Waals surface area (Å²) < 4.78 is 7.67. The Morgan fingerprint density at radius 3 is 2.77 bits per heavy atom. The molecule has 0 spiro atoms. The highest BCUT2D eigenvalue weighted by atomic mass is 16.5. The quantitative estimate of drug-likeness (QED) is 0.663. The number of benzene rings is 1. The highest BCUT2D eigenvalue weighted by molar-refractivity contribution is 5.94. The van der Waals surface area contributed by atoms with Gasteiger partial charge in [0.2, 0.25) is 5.91 Å². The summed E-state index contributed by atoms with van der Waals surface area (Å²) in [5.41, 5.74) is 3.09. The van der Waals surface area contributed by atoms with Crippen molar-refractivity contribution in [2.75, 3.05) is 18.4 Å². The van der Waals surface area contributed by atoms with Gasteiger partial charge in [0.25, 0.3) is 5.91 Å². The lowest BCUT2D eigenvalue weighted by molar-refractivity contribution is -0.114. The molecule has 3 heterocycles. The Bertz CT molecular complexity index is 1030. The first kappa shape index (κ1) is 20.7. The summed E-state index contributed by atoms with van der Waals surface area (Å²) in [6.45, 7) is 3.26. The largest absolute Gasteiger partial charge is 0.372 e. The lowest BCUT2D eigenvalue weighted by Gasteiger charge is -2.32. The summed E-state index contributed by atoms with van der Waals surface area (Å²) in [5, 5.41) is 6.94. The van der Waals surface area contributed by atoms with Gasteiger partial charge in [0.15, 0.2) is 0 Å². The zero-order valence-electron chi connectivity index (χ0n) is 17.4. The van der Waals surface area contributed by atoms with E-state index >= 15 is 0 Å². The molecule has 3 aromatic rings. The third-order valence-corrected chi connectivity index (χ3v) is 5.16. The Morgan fingerprint density at radius 2 is 2.03 bits per heavy atom. The van der Waals surface area contributed by atoms with E-state index < -0.39 is 0 Å². The molecule has 1 aliphatic rings. The van der Waals surface area contributed by atoms with Crippen molar-refractivity contribution >= 4 is 17.5 Å². The second-order valence-electron chi connectivity index (χ2n) is 7.59. The number of ether oxygens (including phenoxy) is 1. The summed E-state index contributed by atoms with van der Waals surface area (Å²) >= 11 is 0. The predicted octanol–water partition coefficient (Wildman–Crippen LogP) is 3.05. The number of hydrogen-bond acceptors (Lipinski definition) is 5. The second kappa shape index (κ2) is 9.53. The first-order valence-corrected chi connectivity index (χ1v) is 10.3. The minimum absolute atomic E-state index is 0.000582. The number of carbonyl (C=O) groups is 2. The van der Waals surface area contributed by atoms with Crippen LogP contribution in [-0.4, -0.2) is 50.7 Å². The molecule has 2 aromatic heterocycles. The molecule has 1 aliphatic heterocycles. The molecule has 8 nitrogen and oxygen atoms in total.